The number of hydrogen-bond acceptors (Lipinski definition) is 1. The molecule has 0 radical (unpaired) electrons. The minimum atomic E-state index is -2.37. The Morgan fingerprint density at radius 2 is 0.921 bits per heavy atom. The van der Waals surface area contributed by atoms with Crippen molar-refractivity contribution in [3.63, 3.8) is 0 Å². The molecule has 0 amide bonds. The van der Waals surface area contributed by atoms with Gasteiger partial charge in [-0.2, -0.15) is 0 Å². The SMILES string of the molecule is c1ccc(CCCCCOc2ccccc2C[PH](c2ccccc2)(c2ccccc2)c2ccccc2)cc1. The van der Waals surface area contributed by atoms with Crippen molar-refractivity contribution < 1.29 is 4.74 Å². The van der Waals surface area contributed by atoms with Gasteiger partial charge in [-0.05, 0) is 0 Å². The first-order valence-corrected chi connectivity index (χ1v) is 16.0. The molecule has 0 spiro atoms. The van der Waals surface area contributed by atoms with Gasteiger partial charge in [0.2, 0.25) is 0 Å². The second kappa shape index (κ2) is 13.2. The van der Waals surface area contributed by atoms with Crippen molar-refractivity contribution in [1.82, 2.24) is 0 Å². The summed E-state index contributed by atoms with van der Waals surface area (Å²) in [6.07, 6.45) is 5.53. The molecule has 0 aliphatic rings. The van der Waals surface area contributed by atoms with Crippen molar-refractivity contribution in [2.75, 3.05) is 6.61 Å². The van der Waals surface area contributed by atoms with Crippen molar-refractivity contribution >= 4 is 23.2 Å². The Kier molecular flexibility index (Phi) is 9.03. The number of aryl methyl sites for hydroxylation is 1. The second-order valence-corrected chi connectivity index (χ2v) is 13.8. The Bertz CT molecular complexity index is 1270. The third-order valence-electron chi connectivity index (χ3n) is 7.44. The van der Waals surface area contributed by atoms with Crippen LogP contribution in [0.15, 0.2) is 146 Å². The van der Waals surface area contributed by atoms with E-state index >= 15 is 0 Å². The average Bonchev–Trinajstić information content (AvgIpc) is 3.00. The van der Waals surface area contributed by atoms with E-state index in [0.717, 1.165) is 31.4 Å². The fourth-order valence-electron chi connectivity index (χ4n) is 5.49. The van der Waals surface area contributed by atoms with Gasteiger partial charge in [0.1, 0.15) is 0 Å². The molecule has 5 aromatic carbocycles. The standard InChI is InChI=1S/C36H37OP/c1-6-18-31(19-7-1)20-8-5-17-29-37-36-28-16-15-21-32(36)30-38(33-22-9-2-10-23-33,34-24-11-3-12-25-34)35-26-13-4-14-27-35/h1-4,6-7,9-16,18-19,21-28,38H,5,8,17,20,29-30H2. The summed E-state index contributed by atoms with van der Waals surface area (Å²) in [6.45, 7) is 0.752. The van der Waals surface area contributed by atoms with Crippen LogP contribution >= 0.6 is 7.26 Å². The zero-order valence-corrected chi connectivity index (χ0v) is 23.0. The van der Waals surface area contributed by atoms with E-state index in [1.807, 2.05) is 0 Å². The van der Waals surface area contributed by atoms with E-state index in [1.165, 1.54) is 39.9 Å². The Morgan fingerprint density at radius 1 is 0.447 bits per heavy atom. The Hall–Kier alpha value is -3.67. The topological polar surface area (TPSA) is 9.23 Å². The molecule has 0 aliphatic carbocycles. The average molecular weight is 517 g/mol. The van der Waals surface area contributed by atoms with E-state index in [-0.39, 0.29) is 0 Å². The van der Waals surface area contributed by atoms with Crippen LogP contribution < -0.4 is 20.7 Å². The van der Waals surface area contributed by atoms with Crippen molar-refractivity contribution in [2.24, 2.45) is 0 Å². The molecule has 38 heavy (non-hydrogen) atoms. The molecule has 2 heteroatoms. The molecule has 0 N–H and O–H groups in total. The van der Waals surface area contributed by atoms with Crippen LogP contribution in [0, 0.1) is 0 Å². The maximum absolute atomic E-state index is 6.47. The van der Waals surface area contributed by atoms with Gasteiger partial charge in [-0.25, -0.2) is 0 Å². The number of ether oxygens (including phenoxy) is 1. The molecule has 0 heterocycles. The Labute approximate surface area is 228 Å². The van der Waals surface area contributed by atoms with Crippen LogP contribution in [0.4, 0.5) is 0 Å². The van der Waals surface area contributed by atoms with Gasteiger partial charge in [-0.3, -0.25) is 0 Å². The zero-order chi connectivity index (χ0) is 25.9. The van der Waals surface area contributed by atoms with E-state index in [4.69, 9.17) is 4.74 Å². The summed E-state index contributed by atoms with van der Waals surface area (Å²) in [6, 6.07) is 52.8. The molecule has 5 rings (SSSR count). The molecule has 0 saturated heterocycles. The van der Waals surface area contributed by atoms with Gasteiger partial charge in [0, 0.05) is 0 Å². The Morgan fingerprint density at radius 3 is 1.47 bits per heavy atom. The van der Waals surface area contributed by atoms with Crippen molar-refractivity contribution in [1.29, 1.82) is 0 Å². The molecule has 0 bridgehead atoms. The third kappa shape index (κ3) is 6.24. The van der Waals surface area contributed by atoms with Crippen LogP contribution in [0.25, 0.3) is 0 Å². The van der Waals surface area contributed by atoms with E-state index in [0.29, 0.717) is 0 Å². The first kappa shape index (κ1) is 26.0. The summed E-state index contributed by atoms with van der Waals surface area (Å²) in [5.41, 5.74) is 2.71. The molecule has 0 saturated carbocycles. The molecule has 1 nitrogen and oxygen atoms in total. The van der Waals surface area contributed by atoms with Gasteiger partial charge in [0.05, 0.1) is 0 Å². The molecule has 0 aromatic heterocycles. The van der Waals surface area contributed by atoms with Crippen molar-refractivity contribution in [3.05, 3.63) is 157 Å². The first-order valence-electron chi connectivity index (χ1n) is 13.8. The molecule has 0 fully saturated rings. The molecule has 0 atom stereocenters. The van der Waals surface area contributed by atoms with Crippen molar-refractivity contribution in [3.8, 4) is 5.75 Å². The number of unbranched alkanes of at least 4 members (excludes halogenated alkanes) is 2. The Balaban J connectivity index is 1.39. The van der Waals surface area contributed by atoms with Gasteiger partial charge < -0.3 is 0 Å². The fourth-order valence-corrected chi connectivity index (χ4v) is 10.2. The number of benzene rings is 5. The monoisotopic (exact) mass is 516 g/mol. The summed E-state index contributed by atoms with van der Waals surface area (Å²) < 4.78 is 6.47. The number of rotatable bonds is 12. The molecule has 192 valence electrons. The summed E-state index contributed by atoms with van der Waals surface area (Å²) in [5.74, 6) is 1.02. The van der Waals surface area contributed by atoms with Gasteiger partial charge in [0.25, 0.3) is 0 Å². The zero-order valence-electron chi connectivity index (χ0n) is 22.0. The maximum atomic E-state index is 6.47. The van der Waals surface area contributed by atoms with Crippen LogP contribution in [0.1, 0.15) is 30.4 Å². The number of para-hydroxylation sites is 1. The van der Waals surface area contributed by atoms with E-state index < -0.39 is 7.26 Å². The predicted octanol–water partition coefficient (Wildman–Crippen LogP) is 7.70. The number of hydrogen-bond donors (Lipinski definition) is 0. The van der Waals surface area contributed by atoms with Gasteiger partial charge >= 0.3 is 223 Å². The first-order chi connectivity index (χ1) is 18.9. The van der Waals surface area contributed by atoms with Gasteiger partial charge in [0.15, 0.2) is 0 Å². The molecular formula is C36H37OP. The summed E-state index contributed by atoms with van der Waals surface area (Å²) in [4.78, 5) is 0. The second-order valence-electron chi connectivity index (χ2n) is 9.93. The minimum absolute atomic E-state index is 0.752. The van der Waals surface area contributed by atoms with Crippen molar-refractivity contribution in [2.45, 2.75) is 31.8 Å². The van der Waals surface area contributed by atoms with Crippen LogP contribution in [-0.2, 0) is 12.6 Å². The van der Waals surface area contributed by atoms with Crippen LogP contribution in [0.3, 0.4) is 0 Å². The fraction of sp³-hybridized carbons (Fsp3) is 0.167. The summed E-state index contributed by atoms with van der Waals surface area (Å²) >= 11 is 0. The van der Waals surface area contributed by atoms with Crippen LogP contribution in [0.5, 0.6) is 5.75 Å². The van der Waals surface area contributed by atoms with Gasteiger partial charge in [-0.1, -0.05) is 6.07 Å². The van der Waals surface area contributed by atoms with Gasteiger partial charge in [-0.15, -0.1) is 0 Å². The normalized spacial score (nSPS) is 11.7. The third-order valence-corrected chi connectivity index (χ3v) is 12.3. The van der Waals surface area contributed by atoms with E-state index in [1.54, 1.807) is 0 Å². The molecule has 0 aliphatic heterocycles. The van der Waals surface area contributed by atoms with Crippen LogP contribution in [-0.4, -0.2) is 6.61 Å². The molecule has 5 aromatic rings. The van der Waals surface area contributed by atoms with Crippen LogP contribution in [0.2, 0.25) is 0 Å². The summed E-state index contributed by atoms with van der Waals surface area (Å²) in [5, 5.41) is 4.27. The van der Waals surface area contributed by atoms with E-state index in [2.05, 4.69) is 146 Å². The van der Waals surface area contributed by atoms with E-state index in [9.17, 15) is 0 Å². The molecular weight excluding hydrogens is 479 g/mol. The quantitative estimate of drug-likeness (QED) is 0.122. The summed E-state index contributed by atoms with van der Waals surface area (Å²) in [7, 11) is -2.37. The molecule has 0 unspecified atom stereocenters. The predicted molar refractivity (Wildman–Crippen MR) is 166 cm³/mol.